The standard InChI is InChI=1S/C12H23NO3/c1-8(2)12(16)10(13-9(3)4)6-5-7-11(14)15/h8-10,13H,5-7H2,1-4H3,(H,14,15)/t10-/m0/s1. The van der Waals surface area contributed by atoms with Crippen LogP contribution in [0.1, 0.15) is 47.0 Å². The van der Waals surface area contributed by atoms with Crippen molar-refractivity contribution in [3.8, 4) is 0 Å². The highest BCUT2D eigenvalue weighted by molar-refractivity contribution is 5.85. The molecule has 2 N–H and O–H groups in total. The lowest BCUT2D eigenvalue weighted by atomic mass is 9.96. The first-order chi connectivity index (χ1) is 7.34. The maximum atomic E-state index is 11.8. The maximum Gasteiger partial charge on any atom is 0.303 e. The van der Waals surface area contributed by atoms with Crippen LogP contribution in [0.15, 0.2) is 0 Å². The molecular formula is C12H23NO3. The Morgan fingerprint density at radius 2 is 1.75 bits per heavy atom. The van der Waals surface area contributed by atoms with Crippen LogP contribution >= 0.6 is 0 Å². The second-order valence-corrected chi connectivity index (χ2v) is 4.72. The molecule has 0 radical (unpaired) electrons. The van der Waals surface area contributed by atoms with Crippen LogP contribution in [0.3, 0.4) is 0 Å². The summed E-state index contributed by atoms with van der Waals surface area (Å²) in [6, 6.07) is 0.0249. The third-order valence-corrected chi connectivity index (χ3v) is 2.33. The van der Waals surface area contributed by atoms with E-state index in [0.717, 1.165) is 0 Å². The molecule has 0 saturated heterocycles. The summed E-state index contributed by atoms with van der Waals surface area (Å²) in [6.45, 7) is 7.71. The molecule has 0 amide bonds. The van der Waals surface area contributed by atoms with E-state index < -0.39 is 5.97 Å². The highest BCUT2D eigenvalue weighted by Crippen LogP contribution is 2.08. The summed E-state index contributed by atoms with van der Waals surface area (Å²) in [4.78, 5) is 22.2. The van der Waals surface area contributed by atoms with Crippen LogP contribution in [0.25, 0.3) is 0 Å². The number of ketones is 1. The van der Waals surface area contributed by atoms with Gasteiger partial charge in [0.25, 0.3) is 0 Å². The minimum Gasteiger partial charge on any atom is -0.481 e. The Morgan fingerprint density at radius 3 is 2.12 bits per heavy atom. The van der Waals surface area contributed by atoms with Crippen molar-refractivity contribution >= 4 is 11.8 Å². The maximum absolute atomic E-state index is 11.8. The van der Waals surface area contributed by atoms with Gasteiger partial charge in [0.2, 0.25) is 0 Å². The smallest absolute Gasteiger partial charge is 0.303 e. The van der Waals surface area contributed by atoms with Gasteiger partial charge in [-0.05, 0) is 12.8 Å². The number of nitrogens with one attached hydrogen (secondary N) is 1. The van der Waals surface area contributed by atoms with E-state index in [-0.39, 0.29) is 30.2 Å². The second-order valence-electron chi connectivity index (χ2n) is 4.72. The molecule has 0 aromatic rings. The molecule has 0 aromatic carbocycles. The van der Waals surface area contributed by atoms with Gasteiger partial charge in [-0.25, -0.2) is 0 Å². The van der Waals surface area contributed by atoms with Gasteiger partial charge in [0.1, 0.15) is 0 Å². The summed E-state index contributed by atoms with van der Waals surface area (Å²) in [7, 11) is 0. The fraction of sp³-hybridized carbons (Fsp3) is 0.833. The lowest BCUT2D eigenvalue weighted by molar-refractivity contribution is -0.137. The van der Waals surface area contributed by atoms with Crippen LogP contribution in [-0.2, 0) is 9.59 Å². The molecule has 94 valence electrons. The molecule has 0 aliphatic carbocycles. The van der Waals surface area contributed by atoms with Crippen molar-refractivity contribution in [1.29, 1.82) is 0 Å². The molecule has 4 nitrogen and oxygen atoms in total. The number of hydrogen-bond donors (Lipinski definition) is 2. The number of carboxylic acid groups (broad SMARTS) is 1. The quantitative estimate of drug-likeness (QED) is 0.666. The van der Waals surface area contributed by atoms with E-state index >= 15 is 0 Å². The number of carbonyl (C=O) groups excluding carboxylic acids is 1. The van der Waals surface area contributed by atoms with Crippen LogP contribution in [0, 0.1) is 5.92 Å². The number of carbonyl (C=O) groups is 2. The van der Waals surface area contributed by atoms with Gasteiger partial charge in [-0.15, -0.1) is 0 Å². The van der Waals surface area contributed by atoms with Crippen molar-refractivity contribution in [1.82, 2.24) is 5.32 Å². The Bertz CT molecular complexity index is 236. The lowest BCUT2D eigenvalue weighted by Crippen LogP contribution is -2.42. The fourth-order valence-electron chi connectivity index (χ4n) is 1.57. The Morgan fingerprint density at radius 1 is 1.19 bits per heavy atom. The molecule has 0 bridgehead atoms. The fourth-order valence-corrected chi connectivity index (χ4v) is 1.57. The normalized spacial score (nSPS) is 13.1. The van der Waals surface area contributed by atoms with Crippen molar-refractivity contribution in [2.45, 2.75) is 59.0 Å². The predicted molar refractivity (Wildman–Crippen MR) is 63.4 cm³/mol. The molecule has 16 heavy (non-hydrogen) atoms. The zero-order valence-electron chi connectivity index (χ0n) is 10.6. The Balaban J connectivity index is 4.20. The first-order valence-electron chi connectivity index (χ1n) is 5.86. The van der Waals surface area contributed by atoms with Crippen LogP contribution in [-0.4, -0.2) is 28.9 Å². The second kappa shape index (κ2) is 7.39. The zero-order chi connectivity index (χ0) is 12.7. The summed E-state index contributed by atoms with van der Waals surface area (Å²) < 4.78 is 0. The molecule has 0 saturated carbocycles. The molecule has 0 aliphatic rings. The molecule has 0 aromatic heterocycles. The topological polar surface area (TPSA) is 66.4 Å². The van der Waals surface area contributed by atoms with Crippen molar-refractivity contribution in [3.05, 3.63) is 0 Å². The van der Waals surface area contributed by atoms with E-state index in [9.17, 15) is 9.59 Å². The Labute approximate surface area is 97.4 Å². The molecule has 1 atom stereocenters. The number of rotatable bonds is 8. The van der Waals surface area contributed by atoms with Gasteiger partial charge in [0.05, 0.1) is 6.04 Å². The average Bonchev–Trinajstić information content (AvgIpc) is 2.13. The Hall–Kier alpha value is -0.900. The minimum atomic E-state index is -0.805. The number of carboxylic acids is 1. The van der Waals surface area contributed by atoms with Crippen LogP contribution in [0.2, 0.25) is 0 Å². The summed E-state index contributed by atoms with van der Waals surface area (Å²) in [5.41, 5.74) is 0. The van der Waals surface area contributed by atoms with Crippen molar-refractivity contribution in [3.63, 3.8) is 0 Å². The van der Waals surface area contributed by atoms with Gasteiger partial charge in [0.15, 0.2) is 5.78 Å². The van der Waals surface area contributed by atoms with Crippen LogP contribution in [0.5, 0.6) is 0 Å². The Kier molecular flexibility index (Phi) is 6.97. The van der Waals surface area contributed by atoms with Gasteiger partial charge in [-0.2, -0.15) is 0 Å². The highest BCUT2D eigenvalue weighted by atomic mass is 16.4. The molecular weight excluding hydrogens is 206 g/mol. The SMILES string of the molecule is CC(C)N[C@@H](CCCC(=O)O)C(=O)C(C)C. The van der Waals surface area contributed by atoms with Gasteiger partial charge in [-0.1, -0.05) is 27.7 Å². The van der Waals surface area contributed by atoms with Crippen molar-refractivity contribution in [2.75, 3.05) is 0 Å². The molecule has 0 aliphatic heterocycles. The van der Waals surface area contributed by atoms with Crippen molar-refractivity contribution < 1.29 is 14.7 Å². The van der Waals surface area contributed by atoms with Crippen LogP contribution < -0.4 is 5.32 Å². The third kappa shape index (κ3) is 6.56. The molecule has 0 unspecified atom stereocenters. The third-order valence-electron chi connectivity index (χ3n) is 2.33. The zero-order valence-corrected chi connectivity index (χ0v) is 10.6. The van der Waals surface area contributed by atoms with Gasteiger partial charge in [0, 0.05) is 18.4 Å². The van der Waals surface area contributed by atoms with E-state index in [1.807, 2.05) is 27.7 Å². The monoisotopic (exact) mass is 229 g/mol. The largest absolute Gasteiger partial charge is 0.481 e. The first kappa shape index (κ1) is 15.1. The van der Waals surface area contributed by atoms with Gasteiger partial charge in [-0.3, -0.25) is 9.59 Å². The summed E-state index contributed by atoms with van der Waals surface area (Å²) >= 11 is 0. The number of aliphatic carboxylic acids is 1. The molecule has 0 rings (SSSR count). The van der Waals surface area contributed by atoms with E-state index in [0.29, 0.717) is 12.8 Å². The predicted octanol–water partition coefficient (Wildman–Crippen LogP) is 1.83. The van der Waals surface area contributed by atoms with E-state index in [1.165, 1.54) is 0 Å². The van der Waals surface area contributed by atoms with E-state index in [1.54, 1.807) is 0 Å². The first-order valence-corrected chi connectivity index (χ1v) is 5.86. The molecule has 0 fully saturated rings. The van der Waals surface area contributed by atoms with Gasteiger partial charge < -0.3 is 10.4 Å². The summed E-state index contributed by atoms with van der Waals surface area (Å²) in [5.74, 6) is -0.652. The summed E-state index contributed by atoms with van der Waals surface area (Å²) in [6.07, 6.45) is 1.27. The van der Waals surface area contributed by atoms with Crippen molar-refractivity contribution in [2.24, 2.45) is 5.92 Å². The highest BCUT2D eigenvalue weighted by Gasteiger charge is 2.21. The molecule has 0 spiro atoms. The lowest BCUT2D eigenvalue weighted by Gasteiger charge is -2.21. The van der Waals surface area contributed by atoms with Crippen LogP contribution in [0.4, 0.5) is 0 Å². The number of hydrogen-bond acceptors (Lipinski definition) is 3. The van der Waals surface area contributed by atoms with Gasteiger partial charge >= 0.3 is 5.97 Å². The summed E-state index contributed by atoms with van der Waals surface area (Å²) in [5, 5.41) is 11.7. The molecule has 0 heterocycles. The minimum absolute atomic E-state index is 0.0129. The number of Topliss-reactive ketones (excluding diaryl/α,β-unsaturated/α-hetero) is 1. The average molecular weight is 229 g/mol. The van der Waals surface area contributed by atoms with E-state index in [4.69, 9.17) is 5.11 Å². The molecule has 4 heteroatoms. The van der Waals surface area contributed by atoms with E-state index in [2.05, 4.69) is 5.32 Å².